The molecule has 0 radical (unpaired) electrons. The number of ether oxygens (including phenoxy) is 2. The van der Waals surface area contributed by atoms with E-state index in [0.717, 1.165) is 34.3 Å². The number of aromatic amines is 1. The van der Waals surface area contributed by atoms with Gasteiger partial charge in [-0.3, -0.25) is 9.69 Å². The zero-order valence-electron chi connectivity index (χ0n) is 17.4. The molecule has 2 aliphatic rings. The van der Waals surface area contributed by atoms with Crippen molar-refractivity contribution in [1.82, 2.24) is 19.9 Å². The predicted octanol–water partition coefficient (Wildman–Crippen LogP) is 4.58. The molecule has 0 atom stereocenters. The standard InChI is InChI=1S/C24H18Cl2N4O3/c25-16-3-1-13(2-4-16)23-28-18-5-6-30(11-17(18)24(31)29-23)10-15-7-14-8-20-21(33-12-32-20)9-19(14)27-22(15)26/h1-4,7-9H,5-6,10-12H2,(H,28,29,31). The van der Waals surface area contributed by atoms with Crippen molar-refractivity contribution in [2.24, 2.45) is 0 Å². The lowest BCUT2D eigenvalue weighted by Crippen LogP contribution is -2.35. The monoisotopic (exact) mass is 480 g/mol. The molecule has 0 amide bonds. The summed E-state index contributed by atoms with van der Waals surface area (Å²) in [6.45, 7) is 2.04. The topological polar surface area (TPSA) is 80.3 Å². The van der Waals surface area contributed by atoms with Gasteiger partial charge >= 0.3 is 0 Å². The normalized spacial score (nSPS) is 15.1. The van der Waals surface area contributed by atoms with Crippen LogP contribution in [0.25, 0.3) is 22.3 Å². The largest absolute Gasteiger partial charge is 0.454 e. The SMILES string of the molecule is O=c1[nH]c(-c2ccc(Cl)cc2)nc2c1CN(Cc1cc3cc4c(cc3nc1Cl)OCO4)CC2. The van der Waals surface area contributed by atoms with E-state index in [2.05, 4.69) is 14.9 Å². The van der Waals surface area contributed by atoms with Crippen LogP contribution in [0.2, 0.25) is 10.2 Å². The summed E-state index contributed by atoms with van der Waals surface area (Å²) >= 11 is 12.5. The molecule has 33 heavy (non-hydrogen) atoms. The molecule has 0 saturated heterocycles. The van der Waals surface area contributed by atoms with Crippen molar-refractivity contribution in [3.8, 4) is 22.9 Å². The maximum absolute atomic E-state index is 12.9. The number of halogens is 2. The fourth-order valence-corrected chi connectivity index (χ4v) is 4.63. The number of benzene rings is 2. The summed E-state index contributed by atoms with van der Waals surface area (Å²) in [6.07, 6.45) is 0.678. The fraction of sp³-hybridized carbons (Fsp3) is 0.208. The van der Waals surface area contributed by atoms with Crippen LogP contribution >= 0.6 is 23.2 Å². The van der Waals surface area contributed by atoms with Crippen molar-refractivity contribution < 1.29 is 9.47 Å². The number of hydrogen-bond acceptors (Lipinski definition) is 6. The molecule has 4 aromatic rings. The Morgan fingerprint density at radius 1 is 1.03 bits per heavy atom. The first-order valence-corrected chi connectivity index (χ1v) is 11.3. The third-order valence-electron chi connectivity index (χ3n) is 5.99. The zero-order valence-corrected chi connectivity index (χ0v) is 18.9. The highest BCUT2D eigenvalue weighted by Gasteiger charge is 2.23. The van der Waals surface area contributed by atoms with E-state index >= 15 is 0 Å². The Hall–Kier alpha value is -3.13. The van der Waals surface area contributed by atoms with E-state index < -0.39 is 0 Å². The Balaban J connectivity index is 1.26. The molecule has 1 N–H and O–H groups in total. The van der Waals surface area contributed by atoms with Crippen molar-refractivity contribution in [2.75, 3.05) is 13.3 Å². The smallest absolute Gasteiger partial charge is 0.255 e. The number of aromatic nitrogens is 3. The molecule has 2 aliphatic heterocycles. The van der Waals surface area contributed by atoms with E-state index in [1.165, 1.54) is 0 Å². The molecule has 0 aliphatic carbocycles. The van der Waals surface area contributed by atoms with Crippen LogP contribution in [0.15, 0.2) is 47.3 Å². The van der Waals surface area contributed by atoms with E-state index in [-0.39, 0.29) is 12.4 Å². The van der Waals surface area contributed by atoms with Gasteiger partial charge in [0.2, 0.25) is 6.79 Å². The average molecular weight is 481 g/mol. The highest BCUT2D eigenvalue weighted by molar-refractivity contribution is 6.31. The van der Waals surface area contributed by atoms with Gasteiger partial charge in [0, 0.05) is 53.7 Å². The van der Waals surface area contributed by atoms with Crippen LogP contribution in [0.4, 0.5) is 0 Å². The number of H-pyrrole nitrogens is 1. The van der Waals surface area contributed by atoms with Gasteiger partial charge in [0.15, 0.2) is 11.5 Å². The predicted molar refractivity (Wildman–Crippen MR) is 126 cm³/mol. The van der Waals surface area contributed by atoms with Gasteiger partial charge in [0.25, 0.3) is 5.56 Å². The first kappa shape index (κ1) is 20.5. The summed E-state index contributed by atoms with van der Waals surface area (Å²) in [4.78, 5) is 27.2. The molecule has 0 unspecified atom stereocenters. The number of pyridine rings is 1. The van der Waals surface area contributed by atoms with Crippen molar-refractivity contribution >= 4 is 34.1 Å². The van der Waals surface area contributed by atoms with Crippen molar-refractivity contribution in [1.29, 1.82) is 0 Å². The third kappa shape index (κ3) is 3.82. The molecular weight excluding hydrogens is 463 g/mol. The number of nitrogens with zero attached hydrogens (tertiary/aromatic N) is 3. The summed E-state index contributed by atoms with van der Waals surface area (Å²) in [5.41, 5.74) is 3.88. The minimum absolute atomic E-state index is 0.120. The van der Waals surface area contributed by atoms with Gasteiger partial charge in [-0.1, -0.05) is 23.2 Å². The number of fused-ring (bicyclic) bond motifs is 3. The lowest BCUT2D eigenvalue weighted by atomic mass is 10.0. The minimum Gasteiger partial charge on any atom is -0.454 e. The molecule has 0 fully saturated rings. The Bertz CT molecular complexity index is 1450. The summed E-state index contributed by atoms with van der Waals surface area (Å²) < 4.78 is 10.9. The lowest BCUT2D eigenvalue weighted by Gasteiger charge is -2.28. The van der Waals surface area contributed by atoms with Crippen LogP contribution in [0.5, 0.6) is 11.5 Å². The zero-order chi connectivity index (χ0) is 22.5. The van der Waals surface area contributed by atoms with Crippen LogP contribution < -0.4 is 15.0 Å². The second-order valence-corrected chi connectivity index (χ2v) is 8.94. The Kier molecular flexibility index (Phi) is 4.98. The van der Waals surface area contributed by atoms with E-state index in [0.29, 0.717) is 52.6 Å². The third-order valence-corrected chi connectivity index (χ3v) is 6.57. The molecule has 0 spiro atoms. The highest BCUT2D eigenvalue weighted by atomic mass is 35.5. The van der Waals surface area contributed by atoms with Crippen molar-refractivity contribution in [2.45, 2.75) is 19.5 Å². The van der Waals surface area contributed by atoms with Crippen molar-refractivity contribution in [3.63, 3.8) is 0 Å². The van der Waals surface area contributed by atoms with Crippen LogP contribution in [-0.4, -0.2) is 33.2 Å². The van der Waals surface area contributed by atoms with Gasteiger partial charge in [-0.25, -0.2) is 9.97 Å². The van der Waals surface area contributed by atoms with E-state index in [9.17, 15) is 4.79 Å². The molecule has 0 bridgehead atoms. The maximum atomic E-state index is 12.9. The van der Waals surface area contributed by atoms with E-state index in [4.69, 9.17) is 37.7 Å². The summed E-state index contributed by atoms with van der Waals surface area (Å²) in [5, 5.41) is 2.02. The molecule has 0 saturated carbocycles. The molecule has 2 aromatic carbocycles. The maximum Gasteiger partial charge on any atom is 0.255 e. The number of hydrogen-bond donors (Lipinski definition) is 1. The second kappa shape index (κ2) is 8.02. The lowest BCUT2D eigenvalue weighted by molar-refractivity contribution is 0.174. The summed E-state index contributed by atoms with van der Waals surface area (Å²) in [6, 6.07) is 13.1. The molecule has 6 rings (SSSR count). The van der Waals surface area contributed by atoms with Gasteiger partial charge in [0.05, 0.1) is 16.8 Å². The number of rotatable bonds is 3. The van der Waals surface area contributed by atoms with Gasteiger partial charge in [-0.15, -0.1) is 0 Å². The second-order valence-electron chi connectivity index (χ2n) is 8.14. The quantitative estimate of drug-likeness (QED) is 0.432. The van der Waals surface area contributed by atoms with Gasteiger partial charge in [0.1, 0.15) is 11.0 Å². The van der Waals surface area contributed by atoms with Crippen LogP contribution in [-0.2, 0) is 19.5 Å². The van der Waals surface area contributed by atoms with Gasteiger partial charge in [-0.05, 0) is 36.4 Å². The molecule has 7 nitrogen and oxygen atoms in total. The Labute approximate surface area is 198 Å². The molecule has 166 valence electrons. The Morgan fingerprint density at radius 3 is 2.64 bits per heavy atom. The van der Waals surface area contributed by atoms with E-state index in [1.807, 2.05) is 30.3 Å². The Morgan fingerprint density at radius 2 is 1.82 bits per heavy atom. The van der Waals surface area contributed by atoms with Crippen LogP contribution in [0.3, 0.4) is 0 Å². The van der Waals surface area contributed by atoms with Gasteiger partial charge < -0.3 is 14.5 Å². The fourth-order valence-electron chi connectivity index (χ4n) is 4.30. The van der Waals surface area contributed by atoms with Crippen LogP contribution in [0.1, 0.15) is 16.8 Å². The van der Waals surface area contributed by atoms with Gasteiger partial charge in [-0.2, -0.15) is 0 Å². The average Bonchev–Trinajstić information content (AvgIpc) is 3.26. The summed E-state index contributed by atoms with van der Waals surface area (Å²) in [7, 11) is 0. The number of nitrogens with one attached hydrogen (secondary N) is 1. The minimum atomic E-state index is -0.120. The first-order valence-electron chi connectivity index (χ1n) is 10.5. The molecular formula is C24H18Cl2N4O3. The first-order chi connectivity index (χ1) is 16.0. The molecule has 4 heterocycles. The van der Waals surface area contributed by atoms with E-state index in [1.54, 1.807) is 12.1 Å². The summed E-state index contributed by atoms with van der Waals surface area (Å²) in [5.74, 6) is 1.94. The van der Waals surface area contributed by atoms with Crippen molar-refractivity contribution in [3.05, 3.63) is 79.8 Å². The highest BCUT2D eigenvalue weighted by Crippen LogP contribution is 2.36. The van der Waals surface area contributed by atoms with Crippen LogP contribution in [0, 0.1) is 0 Å². The molecule has 9 heteroatoms. The molecule has 2 aromatic heterocycles.